The van der Waals surface area contributed by atoms with Crippen molar-refractivity contribution >= 4 is 0 Å². The first kappa shape index (κ1) is 9.01. The molecule has 0 aromatic rings. The second-order valence-corrected chi connectivity index (χ2v) is 3.19. The number of nitrogens with one attached hydrogen (secondary N) is 1. The molecule has 1 N–H and O–H groups in total. The van der Waals surface area contributed by atoms with Crippen LogP contribution in [0.25, 0.3) is 0 Å². The van der Waals surface area contributed by atoms with Gasteiger partial charge < -0.3 is 10.1 Å². The minimum absolute atomic E-state index is 0.486. The van der Waals surface area contributed by atoms with Crippen molar-refractivity contribution in [1.82, 2.24) is 5.32 Å². The maximum atomic E-state index is 5.85. The van der Waals surface area contributed by atoms with Gasteiger partial charge in [0.05, 0.1) is 12.2 Å². The van der Waals surface area contributed by atoms with E-state index in [2.05, 4.69) is 19.2 Å². The third-order valence-corrected chi connectivity index (χ3v) is 2.31. The average molecular weight is 157 g/mol. The first-order valence-corrected chi connectivity index (χ1v) is 4.73. The molecule has 0 radical (unpaired) electrons. The summed E-state index contributed by atoms with van der Waals surface area (Å²) in [5.74, 6) is 0. The van der Waals surface area contributed by atoms with Crippen molar-refractivity contribution in [1.29, 1.82) is 0 Å². The van der Waals surface area contributed by atoms with Gasteiger partial charge in [0.25, 0.3) is 0 Å². The quantitative estimate of drug-likeness (QED) is 0.668. The fraction of sp³-hybridized carbons (Fsp3) is 1.00. The largest absolute Gasteiger partial charge is 0.374 e. The molecule has 1 unspecified atom stereocenters. The van der Waals surface area contributed by atoms with E-state index < -0.39 is 0 Å². The summed E-state index contributed by atoms with van der Waals surface area (Å²) in [6.45, 7) is 6.56. The lowest BCUT2D eigenvalue weighted by Crippen LogP contribution is -2.23. The first-order chi connectivity index (χ1) is 5.36. The third kappa shape index (κ3) is 2.80. The van der Waals surface area contributed by atoms with Gasteiger partial charge in [-0.25, -0.2) is 0 Å². The van der Waals surface area contributed by atoms with E-state index in [1.54, 1.807) is 0 Å². The van der Waals surface area contributed by atoms with E-state index in [1.165, 1.54) is 6.42 Å². The van der Waals surface area contributed by atoms with E-state index in [0.29, 0.717) is 12.2 Å². The highest BCUT2D eigenvalue weighted by atomic mass is 16.5. The number of ether oxygens (including phenoxy) is 1. The van der Waals surface area contributed by atoms with Crippen LogP contribution in [0.3, 0.4) is 0 Å². The van der Waals surface area contributed by atoms with Gasteiger partial charge in [-0.05, 0) is 25.8 Å². The second kappa shape index (κ2) is 4.73. The van der Waals surface area contributed by atoms with Gasteiger partial charge in [-0.15, -0.1) is 0 Å². The maximum Gasteiger partial charge on any atom is 0.0715 e. The second-order valence-electron chi connectivity index (χ2n) is 3.19. The van der Waals surface area contributed by atoms with E-state index in [-0.39, 0.29) is 0 Å². The van der Waals surface area contributed by atoms with Crippen molar-refractivity contribution in [3.63, 3.8) is 0 Å². The van der Waals surface area contributed by atoms with Crippen LogP contribution >= 0.6 is 0 Å². The molecular formula is C9H19NO. The highest BCUT2D eigenvalue weighted by Gasteiger charge is 2.17. The van der Waals surface area contributed by atoms with E-state index in [9.17, 15) is 0 Å². The molecule has 11 heavy (non-hydrogen) atoms. The Labute approximate surface area is 69.3 Å². The standard InChI is InChI=1S/C9H19NO/c1-3-8(4-2)11-9-5-6-10-7-9/h8-10H,3-7H2,1-2H3. The normalized spacial score (nSPS) is 24.8. The number of hydrogen-bond acceptors (Lipinski definition) is 2. The summed E-state index contributed by atoms with van der Waals surface area (Å²) in [5.41, 5.74) is 0. The third-order valence-electron chi connectivity index (χ3n) is 2.31. The molecule has 0 saturated carbocycles. The van der Waals surface area contributed by atoms with E-state index in [0.717, 1.165) is 25.9 Å². The predicted molar refractivity (Wildman–Crippen MR) is 46.7 cm³/mol. The molecule has 1 aliphatic rings. The molecule has 1 fully saturated rings. The molecular weight excluding hydrogens is 138 g/mol. The molecule has 0 aromatic carbocycles. The van der Waals surface area contributed by atoms with Gasteiger partial charge >= 0.3 is 0 Å². The molecule has 0 spiro atoms. The summed E-state index contributed by atoms with van der Waals surface area (Å²) in [6, 6.07) is 0. The van der Waals surface area contributed by atoms with Gasteiger partial charge in [0.2, 0.25) is 0 Å². The molecule has 1 atom stereocenters. The Balaban J connectivity index is 2.16. The van der Waals surface area contributed by atoms with Crippen molar-refractivity contribution in [2.75, 3.05) is 13.1 Å². The van der Waals surface area contributed by atoms with Gasteiger partial charge in [-0.1, -0.05) is 13.8 Å². The van der Waals surface area contributed by atoms with Gasteiger partial charge in [-0.2, -0.15) is 0 Å². The highest BCUT2D eigenvalue weighted by molar-refractivity contribution is 4.72. The van der Waals surface area contributed by atoms with Crippen molar-refractivity contribution in [2.45, 2.75) is 45.3 Å². The molecule has 1 rings (SSSR count). The summed E-state index contributed by atoms with van der Waals surface area (Å²) in [4.78, 5) is 0. The summed E-state index contributed by atoms with van der Waals surface area (Å²) >= 11 is 0. The van der Waals surface area contributed by atoms with Crippen LogP contribution in [0.4, 0.5) is 0 Å². The van der Waals surface area contributed by atoms with Crippen LogP contribution in [0.5, 0.6) is 0 Å². The van der Waals surface area contributed by atoms with Crippen LogP contribution in [0.2, 0.25) is 0 Å². The zero-order chi connectivity index (χ0) is 8.10. The maximum absolute atomic E-state index is 5.85. The summed E-state index contributed by atoms with van der Waals surface area (Å²) < 4.78 is 5.85. The van der Waals surface area contributed by atoms with Crippen LogP contribution in [0, 0.1) is 0 Å². The van der Waals surface area contributed by atoms with Crippen molar-refractivity contribution in [3.8, 4) is 0 Å². The molecule has 1 aliphatic heterocycles. The highest BCUT2D eigenvalue weighted by Crippen LogP contribution is 2.11. The Morgan fingerprint density at radius 2 is 2.18 bits per heavy atom. The summed E-state index contributed by atoms with van der Waals surface area (Å²) in [6.07, 6.45) is 4.45. The van der Waals surface area contributed by atoms with Crippen molar-refractivity contribution in [3.05, 3.63) is 0 Å². The minimum atomic E-state index is 0.486. The van der Waals surface area contributed by atoms with Gasteiger partial charge in [-0.3, -0.25) is 0 Å². The fourth-order valence-electron chi connectivity index (χ4n) is 1.50. The molecule has 0 aliphatic carbocycles. The van der Waals surface area contributed by atoms with Gasteiger partial charge in [0.15, 0.2) is 0 Å². The topological polar surface area (TPSA) is 21.3 Å². The van der Waals surface area contributed by atoms with Gasteiger partial charge in [0, 0.05) is 6.54 Å². The Kier molecular flexibility index (Phi) is 3.87. The molecule has 2 nitrogen and oxygen atoms in total. The lowest BCUT2D eigenvalue weighted by molar-refractivity contribution is -0.00463. The van der Waals surface area contributed by atoms with Crippen LogP contribution in [0.1, 0.15) is 33.1 Å². The average Bonchev–Trinajstić information content (AvgIpc) is 2.52. The monoisotopic (exact) mass is 157 g/mol. The zero-order valence-corrected chi connectivity index (χ0v) is 7.60. The first-order valence-electron chi connectivity index (χ1n) is 4.73. The van der Waals surface area contributed by atoms with Crippen LogP contribution in [-0.4, -0.2) is 25.3 Å². The molecule has 0 aromatic heterocycles. The van der Waals surface area contributed by atoms with Crippen molar-refractivity contribution in [2.24, 2.45) is 0 Å². The SMILES string of the molecule is CCC(CC)OC1CCNC1. The van der Waals surface area contributed by atoms with E-state index in [4.69, 9.17) is 4.74 Å². The van der Waals surface area contributed by atoms with E-state index >= 15 is 0 Å². The Bertz CT molecular complexity index is 95.7. The van der Waals surface area contributed by atoms with Crippen molar-refractivity contribution < 1.29 is 4.74 Å². The minimum Gasteiger partial charge on any atom is -0.374 e. The number of rotatable bonds is 4. The van der Waals surface area contributed by atoms with Gasteiger partial charge in [0.1, 0.15) is 0 Å². The Morgan fingerprint density at radius 3 is 2.64 bits per heavy atom. The van der Waals surface area contributed by atoms with E-state index in [1.807, 2.05) is 0 Å². The van der Waals surface area contributed by atoms with Crippen LogP contribution in [0.15, 0.2) is 0 Å². The Hall–Kier alpha value is -0.0800. The lowest BCUT2D eigenvalue weighted by Gasteiger charge is -2.18. The zero-order valence-electron chi connectivity index (χ0n) is 7.60. The molecule has 1 heterocycles. The lowest BCUT2D eigenvalue weighted by atomic mass is 10.2. The number of hydrogen-bond donors (Lipinski definition) is 1. The smallest absolute Gasteiger partial charge is 0.0715 e. The Morgan fingerprint density at radius 1 is 1.45 bits per heavy atom. The fourth-order valence-corrected chi connectivity index (χ4v) is 1.50. The van der Waals surface area contributed by atoms with Crippen LogP contribution < -0.4 is 5.32 Å². The summed E-state index contributed by atoms with van der Waals surface area (Å²) in [7, 11) is 0. The molecule has 0 bridgehead atoms. The predicted octanol–water partition coefficient (Wildman–Crippen LogP) is 1.55. The van der Waals surface area contributed by atoms with Crippen LogP contribution in [-0.2, 0) is 4.74 Å². The molecule has 0 amide bonds. The molecule has 66 valence electrons. The summed E-state index contributed by atoms with van der Waals surface area (Å²) in [5, 5.41) is 3.30. The molecule has 1 saturated heterocycles. The molecule has 2 heteroatoms.